The second kappa shape index (κ2) is 18.7. The highest BCUT2D eigenvalue weighted by Crippen LogP contribution is 2.13. The third-order valence-corrected chi connectivity index (χ3v) is 4.20. The first kappa shape index (κ1) is 19.7. The Hall–Kier alpha value is -0.260. The molecule has 0 bridgehead atoms. The van der Waals surface area contributed by atoms with E-state index in [4.69, 9.17) is 6.58 Å². The Labute approximate surface area is 129 Å². The third kappa shape index (κ3) is 17.7. The largest absolute Gasteiger partial charge is 0.0760 e. The van der Waals surface area contributed by atoms with Crippen LogP contribution >= 0.6 is 0 Å². The Morgan fingerprint density at radius 3 is 1.10 bits per heavy atom. The highest BCUT2D eigenvalue weighted by Gasteiger charge is 1.94. The lowest BCUT2D eigenvalue weighted by atomic mass is 10.0. The summed E-state index contributed by atoms with van der Waals surface area (Å²) in [6, 6.07) is 0. The maximum atomic E-state index is 6.96. The van der Waals surface area contributed by atoms with Crippen LogP contribution in [0.3, 0.4) is 0 Å². The van der Waals surface area contributed by atoms with Crippen molar-refractivity contribution >= 4 is 0 Å². The Morgan fingerprint density at radius 1 is 0.500 bits per heavy atom. The topological polar surface area (TPSA) is 0 Å². The van der Waals surface area contributed by atoms with Gasteiger partial charge in [0.25, 0.3) is 0 Å². The lowest BCUT2D eigenvalue weighted by Crippen LogP contribution is -1.83. The predicted molar refractivity (Wildman–Crippen MR) is 92.0 cm³/mol. The average Bonchev–Trinajstić information content (AvgIpc) is 2.47. The van der Waals surface area contributed by atoms with Gasteiger partial charge in [0.15, 0.2) is 0 Å². The zero-order valence-electron chi connectivity index (χ0n) is 14.1. The fraction of sp³-hybridized carbons (Fsp3) is 0.900. The van der Waals surface area contributed by atoms with E-state index >= 15 is 0 Å². The Kier molecular flexibility index (Phi) is 18.5. The van der Waals surface area contributed by atoms with E-state index in [1.165, 1.54) is 103 Å². The molecular weight excluding hydrogens is 240 g/mol. The van der Waals surface area contributed by atoms with Gasteiger partial charge in [0.1, 0.15) is 0 Å². The van der Waals surface area contributed by atoms with Crippen LogP contribution in [0, 0.1) is 6.58 Å². The maximum Gasteiger partial charge on any atom is -0.0146 e. The molecule has 0 rings (SSSR count). The molecule has 0 atom stereocenters. The van der Waals surface area contributed by atoms with E-state index in [9.17, 15) is 0 Å². The molecule has 0 saturated heterocycles. The zero-order chi connectivity index (χ0) is 14.7. The lowest BCUT2D eigenvalue weighted by molar-refractivity contribution is 0.530. The van der Waals surface area contributed by atoms with Gasteiger partial charge >= 0.3 is 0 Å². The van der Waals surface area contributed by atoms with Crippen LogP contribution in [-0.2, 0) is 0 Å². The van der Waals surface area contributed by atoms with Crippen molar-refractivity contribution in [2.45, 2.75) is 116 Å². The highest BCUT2D eigenvalue weighted by molar-refractivity contribution is 4.61. The van der Waals surface area contributed by atoms with Crippen LogP contribution < -0.4 is 0 Å². The van der Waals surface area contributed by atoms with Gasteiger partial charge in [0.2, 0.25) is 0 Å². The first-order valence-corrected chi connectivity index (χ1v) is 9.40. The summed E-state index contributed by atoms with van der Waals surface area (Å²) < 4.78 is 0. The van der Waals surface area contributed by atoms with Crippen LogP contribution in [0.2, 0.25) is 0 Å². The van der Waals surface area contributed by atoms with Crippen LogP contribution in [0.1, 0.15) is 116 Å². The van der Waals surface area contributed by atoms with E-state index in [0.29, 0.717) is 0 Å². The first-order chi connectivity index (χ1) is 9.91. The summed E-state index contributed by atoms with van der Waals surface area (Å²) in [6.45, 7) is 9.25. The normalized spacial score (nSPS) is 10.8. The predicted octanol–water partition coefficient (Wildman–Crippen LogP) is 7.50. The molecule has 0 unspecified atom stereocenters. The summed E-state index contributed by atoms with van der Waals surface area (Å²) in [5, 5.41) is 0. The molecule has 118 valence electrons. The van der Waals surface area contributed by atoms with Gasteiger partial charge in [-0.25, -0.2) is 0 Å². The van der Waals surface area contributed by atoms with Gasteiger partial charge in [-0.3, -0.25) is 0 Å². The van der Waals surface area contributed by atoms with Crippen molar-refractivity contribution in [1.29, 1.82) is 0 Å². The number of unbranched alkanes of at least 4 members (excludes halogenated alkanes) is 16. The second-order valence-corrected chi connectivity index (χ2v) is 6.30. The molecule has 0 N–H and O–H groups in total. The Balaban J connectivity index is 2.90. The summed E-state index contributed by atoms with van der Waals surface area (Å²) in [7, 11) is 0. The van der Waals surface area contributed by atoms with Gasteiger partial charge in [-0.2, -0.15) is 0 Å². The first-order valence-electron chi connectivity index (χ1n) is 9.40. The van der Waals surface area contributed by atoms with Gasteiger partial charge < -0.3 is 0 Å². The molecule has 0 nitrogen and oxygen atoms in total. The van der Waals surface area contributed by atoms with E-state index in [1.807, 2.05) is 0 Å². The quantitative estimate of drug-likeness (QED) is 0.241. The van der Waals surface area contributed by atoms with Gasteiger partial charge in [-0.1, -0.05) is 109 Å². The summed E-state index contributed by atoms with van der Waals surface area (Å²) in [4.78, 5) is 0. The van der Waals surface area contributed by atoms with Gasteiger partial charge in [-0.05, 0) is 19.4 Å². The van der Waals surface area contributed by atoms with Crippen LogP contribution in [0.4, 0.5) is 0 Å². The number of allylic oxidation sites excluding steroid dienone is 1. The number of hydrogen-bond acceptors (Lipinski definition) is 0. The van der Waals surface area contributed by atoms with Gasteiger partial charge in [0, 0.05) is 0 Å². The van der Waals surface area contributed by atoms with Crippen LogP contribution in [0.15, 0.2) is 6.08 Å². The van der Waals surface area contributed by atoms with Gasteiger partial charge in [-0.15, -0.1) is 0 Å². The number of rotatable bonds is 17. The molecule has 0 saturated carbocycles. The molecule has 0 fully saturated rings. The monoisotopic (exact) mass is 278 g/mol. The fourth-order valence-corrected chi connectivity index (χ4v) is 2.79. The van der Waals surface area contributed by atoms with Crippen molar-refractivity contribution in [3.63, 3.8) is 0 Å². The minimum absolute atomic E-state index is 0.985. The molecule has 0 aromatic rings. The molecular formula is C20H38. The maximum absolute atomic E-state index is 6.96. The molecule has 0 spiro atoms. The van der Waals surface area contributed by atoms with Crippen molar-refractivity contribution in [1.82, 2.24) is 0 Å². The molecule has 0 heterocycles. The Morgan fingerprint density at radius 2 is 0.800 bits per heavy atom. The van der Waals surface area contributed by atoms with E-state index in [1.54, 1.807) is 6.08 Å². The van der Waals surface area contributed by atoms with E-state index < -0.39 is 0 Å². The molecule has 0 aromatic heterocycles. The zero-order valence-corrected chi connectivity index (χ0v) is 14.1. The molecule has 0 aliphatic heterocycles. The molecule has 0 amide bonds. The van der Waals surface area contributed by atoms with E-state index in [-0.39, 0.29) is 0 Å². The molecule has 20 heavy (non-hydrogen) atoms. The summed E-state index contributed by atoms with van der Waals surface area (Å²) >= 11 is 0. The van der Waals surface area contributed by atoms with E-state index in [2.05, 4.69) is 6.92 Å². The van der Waals surface area contributed by atoms with Crippen molar-refractivity contribution in [2.75, 3.05) is 0 Å². The standard InChI is InChI=1S/C20H38/c1-3-5-7-9-11-13-15-17-19-20-18-16-14-12-10-8-6-4-2/h4H,3,5-20H2,1H3. The average molecular weight is 279 g/mol. The van der Waals surface area contributed by atoms with Crippen molar-refractivity contribution in [2.24, 2.45) is 0 Å². The fourth-order valence-electron chi connectivity index (χ4n) is 2.79. The molecule has 2 radical (unpaired) electrons. The van der Waals surface area contributed by atoms with Gasteiger partial charge in [0.05, 0.1) is 0 Å². The van der Waals surface area contributed by atoms with Crippen molar-refractivity contribution in [3.05, 3.63) is 12.7 Å². The Bertz CT molecular complexity index is 171. The second-order valence-electron chi connectivity index (χ2n) is 6.30. The van der Waals surface area contributed by atoms with Crippen molar-refractivity contribution < 1.29 is 0 Å². The third-order valence-electron chi connectivity index (χ3n) is 4.20. The molecule has 0 heteroatoms. The summed E-state index contributed by atoms with van der Waals surface area (Å²) in [5.41, 5.74) is 0. The minimum Gasteiger partial charge on any atom is -0.0760 e. The molecule has 0 aromatic carbocycles. The molecule has 0 aliphatic carbocycles. The SMILES string of the molecule is [C]=CCCCCCCCCCCCCCCCCCC. The smallest absolute Gasteiger partial charge is 0.0146 e. The van der Waals surface area contributed by atoms with Crippen molar-refractivity contribution in [3.8, 4) is 0 Å². The summed E-state index contributed by atoms with van der Waals surface area (Å²) in [5.74, 6) is 0. The number of hydrogen-bond donors (Lipinski definition) is 0. The highest BCUT2D eigenvalue weighted by atomic mass is 14.0. The van der Waals surface area contributed by atoms with Crippen LogP contribution in [-0.4, -0.2) is 0 Å². The lowest BCUT2D eigenvalue weighted by Gasteiger charge is -2.03. The molecule has 0 aliphatic rings. The minimum atomic E-state index is 0.985. The van der Waals surface area contributed by atoms with Crippen LogP contribution in [0.5, 0.6) is 0 Å². The summed E-state index contributed by atoms with van der Waals surface area (Å²) in [6.07, 6.45) is 25.3. The van der Waals surface area contributed by atoms with Crippen LogP contribution in [0.25, 0.3) is 0 Å². The van der Waals surface area contributed by atoms with E-state index in [0.717, 1.165) is 6.42 Å².